The molecule has 0 aliphatic heterocycles. The minimum Gasteiger partial charge on any atom is -0.293 e. The van der Waals surface area contributed by atoms with E-state index in [0.29, 0.717) is 22.1 Å². The first kappa shape index (κ1) is 21.7. The van der Waals surface area contributed by atoms with Crippen LogP contribution >= 0.6 is 11.3 Å². The van der Waals surface area contributed by atoms with Crippen molar-refractivity contribution in [1.29, 1.82) is 0 Å². The zero-order chi connectivity index (χ0) is 22.9. The average molecular weight is 468 g/mol. The van der Waals surface area contributed by atoms with Gasteiger partial charge in [0.05, 0.1) is 22.0 Å². The summed E-state index contributed by atoms with van der Waals surface area (Å²) in [5.74, 6) is 0. The van der Waals surface area contributed by atoms with Crippen molar-refractivity contribution in [3.63, 3.8) is 0 Å². The fourth-order valence-electron chi connectivity index (χ4n) is 3.00. The maximum atomic E-state index is 12.7. The van der Waals surface area contributed by atoms with Crippen molar-refractivity contribution in [3.8, 4) is 5.69 Å². The zero-order valence-corrected chi connectivity index (χ0v) is 19.3. The molecule has 0 bridgehead atoms. The van der Waals surface area contributed by atoms with E-state index in [4.69, 9.17) is 0 Å². The molecular weight excluding hydrogens is 446 g/mol. The lowest BCUT2D eigenvalue weighted by Gasteiger charge is -2.07. The van der Waals surface area contributed by atoms with Crippen LogP contribution in [0.5, 0.6) is 0 Å². The molecule has 2 aromatic heterocycles. The molecule has 0 radical (unpaired) electrons. The van der Waals surface area contributed by atoms with Crippen LogP contribution in [0.4, 0.5) is 16.4 Å². The van der Waals surface area contributed by atoms with Crippen molar-refractivity contribution in [1.82, 2.24) is 9.78 Å². The van der Waals surface area contributed by atoms with Gasteiger partial charge < -0.3 is 0 Å². The molecule has 8 nitrogen and oxygen atoms in total. The van der Waals surface area contributed by atoms with Gasteiger partial charge >= 0.3 is 0 Å². The lowest BCUT2D eigenvalue weighted by atomic mass is 10.2. The van der Waals surface area contributed by atoms with Crippen LogP contribution in [0.1, 0.15) is 16.8 Å². The lowest BCUT2D eigenvalue weighted by Crippen LogP contribution is -2.13. The van der Waals surface area contributed by atoms with Gasteiger partial charge in [0.15, 0.2) is 5.69 Å². The minimum atomic E-state index is -3.72. The Morgan fingerprint density at radius 1 is 0.969 bits per heavy atom. The fraction of sp³-hybridized carbons (Fsp3) is 0.136. The molecule has 0 saturated carbocycles. The molecule has 0 amide bonds. The molecule has 4 aromatic rings. The minimum absolute atomic E-state index is 0.117. The average Bonchev–Trinajstić information content (AvgIpc) is 3.25. The Morgan fingerprint density at radius 3 is 2.28 bits per heavy atom. The first-order chi connectivity index (χ1) is 15.3. The number of aromatic nitrogens is 2. The summed E-state index contributed by atoms with van der Waals surface area (Å²) in [7, 11) is -3.72. The van der Waals surface area contributed by atoms with E-state index >= 15 is 0 Å². The van der Waals surface area contributed by atoms with Gasteiger partial charge in [-0.3, -0.25) is 14.6 Å². The SMILES string of the molecule is Cc1csc(NS(=O)(=O)c2ccc(N=Nc3c(C)[nH]n(-c4ccccc4)c3=O)cc2)c1C. The number of benzene rings is 2. The summed E-state index contributed by atoms with van der Waals surface area (Å²) in [6.07, 6.45) is 0. The summed E-state index contributed by atoms with van der Waals surface area (Å²) in [4.78, 5) is 12.8. The van der Waals surface area contributed by atoms with E-state index in [0.717, 1.165) is 11.1 Å². The number of para-hydroxylation sites is 1. The molecule has 0 atom stereocenters. The van der Waals surface area contributed by atoms with Crippen LogP contribution in [0.3, 0.4) is 0 Å². The Kier molecular flexibility index (Phi) is 5.81. The Morgan fingerprint density at radius 2 is 1.66 bits per heavy atom. The Labute approximate surface area is 189 Å². The number of azo groups is 1. The number of anilines is 1. The van der Waals surface area contributed by atoms with Gasteiger partial charge in [0.1, 0.15) is 5.00 Å². The number of nitrogens with one attached hydrogen (secondary N) is 2. The third kappa shape index (κ3) is 4.27. The van der Waals surface area contributed by atoms with Crippen LogP contribution in [0.15, 0.2) is 79.9 Å². The summed E-state index contributed by atoms with van der Waals surface area (Å²) in [5.41, 5.74) is 3.52. The number of sulfonamides is 1. The molecule has 0 fully saturated rings. The number of aryl methyl sites for hydroxylation is 2. The zero-order valence-electron chi connectivity index (χ0n) is 17.7. The van der Waals surface area contributed by atoms with Crippen molar-refractivity contribution in [3.05, 3.63) is 87.2 Å². The van der Waals surface area contributed by atoms with E-state index < -0.39 is 10.0 Å². The van der Waals surface area contributed by atoms with Crippen molar-refractivity contribution in [2.24, 2.45) is 10.2 Å². The molecule has 164 valence electrons. The quantitative estimate of drug-likeness (QED) is 0.372. The molecule has 0 saturated heterocycles. The lowest BCUT2D eigenvalue weighted by molar-refractivity contribution is 0.601. The smallest absolute Gasteiger partial charge is 0.293 e. The van der Waals surface area contributed by atoms with E-state index in [1.54, 1.807) is 19.1 Å². The molecule has 32 heavy (non-hydrogen) atoms. The second kappa shape index (κ2) is 8.56. The van der Waals surface area contributed by atoms with Crippen LogP contribution in [0, 0.1) is 20.8 Å². The molecule has 0 unspecified atom stereocenters. The molecule has 0 aliphatic rings. The van der Waals surface area contributed by atoms with Gasteiger partial charge in [-0.2, -0.15) is 5.11 Å². The van der Waals surface area contributed by atoms with E-state index in [-0.39, 0.29) is 16.1 Å². The standard InChI is InChI=1S/C22H21N5O3S2/c1-14-13-31-21(15(14)2)26-32(29,30)19-11-9-17(10-12-19)23-24-20-16(3)25-27(22(20)28)18-7-5-4-6-8-18/h4-13,25-26H,1-3H3. The van der Waals surface area contributed by atoms with E-state index in [1.807, 2.05) is 49.6 Å². The fourth-order valence-corrected chi connectivity index (χ4v) is 5.34. The van der Waals surface area contributed by atoms with Crippen molar-refractivity contribution in [2.45, 2.75) is 25.7 Å². The Hall–Kier alpha value is -3.50. The highest BCUT2D eigenvalue weighted by Crippen LogP contribution is 2.29. The van der Waals surface area contributed by atoms with Gasteiger partial charge in [-0.05, 0) is 73.7 Å². The monoisotopic (exact) mass is 467 g/mol. The number of aromatic amines is 1. The highest BCUT2D eigenvalue weighted by molar-refractivity contribution is 7.93. The Balaban J connectivity index is 1.55. The van der Waals surface area contributed by atoms with Gasteiger partial charge in [-0.1, -0.05) is 18.2 Å². The molecule has 2 N–H and O–H groups in total. The largest absolute Gasteiger partial charge is 0.299 e. The van der Waals surface area contributed by atoms with Gasteiger partial charge in [-0.25, -0.2) is 13.1 Å². The normalized spacial score (nSPS) is 11.8. The molecule has 0 aliphatic carbocycles. The number of thiophene rings is 1. The highest BCUT2D eigenvalue weighted by atomic mass is 32.2. The molecule has 4 rings (SSSR count). The van der Waals surface area contributed by atoms with Crippen LogP contribution < -0.4 is 10.3 Å². The number of rotatable bonds is 6. The van der Waals surface area contributed by atoms with Gasteiger partial charge in [0.25, 0.3) is 15.6 Å². The third-order valence-corrected chi connectivity index (χ3v) is 7.59. The summed E-state index contributed by atoms with van der Waals surface area (Å²) in [6.45, 7) is 5.55. The number of nitrogens with zero attached hydrogens (tertiary/aromatic N) is 3. The molecule has 0 spiro atoms. The third-order valence-electron chi connectivity index (χ3n) is 4.98. The van der Waals surface area contributed by atoms with Crippen LogP contribution in [0.2, 0.25) is 0 Å². The maximum Gasteiger partial charge on any atom is 0.299 e. The number of hydrogen-bond donors (Lipinski definition) is 2. The molecule has 2 aromatic carbocycles. The van der Waals surface area contributed by atoms with Gasteiger partial charge in [0.2, 0.25) is 0 Å². The second-order valence-corrected chi connectivity index (χ2v) is 9.80. The summed E-state index contributed by atoms with van der Waals surface area (Å²) in [5, 5.41) is 13.7. The number of hydrogen-bond acceptors (Lipinski definition) is 6. The predicted octanol–water partition coefficient (Wildman–Crippen LogP) is 5.37. The first-order valence-corrected chi connectivity index (χ1v) is 12.1. The topological polar surface area (TPSA) is 109 Å². The highest BCUT2D eigenvalue weighted by Gasteiger charge is 2.17. The summed E-state index contributed by atoms with van der Waals surface area (Å²) < 4.78 is 29.4. The maximum absolute atomic E-state index is 12.7. The summed E-state index contributed by atoms with van der Waals surface area (Å²) >= 11 is 1.35. The molecule has 2 heterocycles. The van der Waals surface area contributed by atoms with Crippen LogP contribution in [-0.2, 0) is 10.0 Å². The van der Waals surface area contributed by atoms with Gasteiger partial charge in [0, 0.05) is 0 Å². The number of H-pyrrole nitrogens is 1. The first-order valence-electron chi connectivity index (χ1n) is 9.72. The predicted molar refractivity (Wildman–Crippen MR) is 126 cm³/mol. The van der Waals surface area contributed by atoms with Crippen molar-refractivity contribution < 1.29 is 8.42 Å². The van der Waals surface area contributed by atoms with E-state index in [9.17, 15) is 13.2 Å². The van der Waals surface area contributed by atoms with Gasteiger partial charge in [-0.15, -0.1) is 16.5 Å². The van der Waals surface area contributed by atoms with E-state index in [2.05, 4.69) is 20.0 Å². The van der Waals surface area contributed by atoms with E-state index in [1.165, 1.54) is 28.2 Å². The molecule has 10 heteroatoms. The molecular formula is C22H21N5O3S2. The second-order valence-electron chi connectivity index (χ2n) is 7.23. The van der Waals surface area contributed by atoms with Crippen LogP contribution in [0.25, 0.3) is 5.69 Å². The summed E-state index contributed by atoms with van der Waals surface area (Å²) in [6, 6.07) is 15.2. The van der Waals surface area contributed by atoms with Crippen molar-refractivity contribution in [2.75, 3.05) is 4.72 Å². The van der Waals surface area contributed by atoms with Crippen molar-refractivity contribution >= 4 is 37.7 Å². The Bertz CT molecular complexity index is 1450. The van der Waals surface area contributed by atoms with Crippen LogP contribution in [-0.4, -0.2) is 18.2 Å².